The highest BCUT2D eigenvalue weighted by atomic mass is 16.5. The van der Waals surface area contributed by atoms with E-state index in [1.807, 2.05) is 31.2 Å². The van der Waals surface area contributed by atoms with E-state index < -0.39 is 5.97 Å². The van der Waals surface area contributed by atoms with Gasteiger partial charge >= 0.3 is 5.97 Å². The minimum atomic E-state index is -0.432. The molecule has 0 saturated carbocycles. The molecule has 0 spiro atoms. The highest BCUT2D eigenvalue weighted by molar-refractivity contribution is 5.97. The zero-order valence-electron chi connectivity index (χ0n) is 9.97. The first kappa shape index (κ1) is 11.6. The molecule has 17 heavy (non-hydrogen) atoms. The largest absolute Gasteiger partial charge is 0.456 e. The van der Waals surface area contributed by atoms with Crippen molar-refractivity contribution in [2.24, 2.45) is 0 Å². The second-order valence-electron chi connectivity index (χ2n) is 4.23. The molecular weight excluding hydrogens is 218 g/mol. The summed E-state index contributed by atoms with van der Waals surface area (Å²) in [5.74, 6) is -0.601. The maximum Gasteiger partial charge on any atom is 0.303 e. The molecule has 1 amide bonds. The van der Waals surface area contributed by atoms with Gasteiger partial charge in [0.25, 0.3) is 5.91 Å². The second-order valence-corrected chi connectivity index (χ2v) is 4.23. The Morgan fingerprint density at radius 1 is 1.41 bits per heavy atom. The lowest BCUT2D eigenvalue weighted by Gasteiger charge is -2.22. The normalized spacial score (nSPS) is 17.8. The average molecular weight is 233 g/mol. The molecule has 1 unspecified atom stereocenters. The van der Waals surface area contributed by atoms with Gasteiger partial charge in [0, 0.05) is 18.7 Å². The summed E-state index contributed by atoms with van der Waals surface area (Å²) in [5.41, 5.74) is 2.09. The van der Waals surface area contributed by atoms with Crippen molar-refractivity contribution in [3.63, 3.8) is 0 Å². The molecule has 2 rings (SSSR count). The lowest BCUT2D eigenvalue weighted by molar-refractivity contribution is -0.145. The zero-order valence-corrected chi connectivity index (χ0v) is 9.97. The van der Waals surface area contributed by atoms with Gasteiger partial charge in [-0.1, -0.05) is 18.2 Å². The summed E-state index contributed by atoms with van der Waals surface area (Å²) in [6.07, 6.45) is 0.849. The molecule has 1 aromatic rings. The highest BCUT2D eigenvalue weighted by Crippen LogP contribution is 2.31. The molecule has 0 aliphatic carbocycles. The number of carbonyl (C=O) groups excluding carboxylic acids is 2. The first-order chi connectivity index (χ1) is 8.09. The Balaban J connectivity index is 2.16. The Hall–Kier alpha value is -1.84. The van der Waals surface area contributed by atoms with Crippen molar-refractivity contribution in [1.29, 1.82) is 0 Å². The van der Waals surface area contributed by atoms with Gasteiger partial charge in [0.2, 0.25) is 0 Å². The van der Waals surface area contributed by atoms with Crippen molar-refractivity contribution in [2.75, 3.05) is 11.5 Å². The molecule has 4 heteroatoms. The van der Waals surface area contributed by atoms with Gasteiger partial charge in [-0.05, 0) is 25.0 Å². The van der Waals surface area contributed by atoms with Gasteiger partial charge in [0.15, 0.2) is 6.61 Å². The number of ether oxygens (including phenoxy) is 1. The molecule has 1 aromatic carbocycles. The minimum Gasteiger partial charge on any atom is -0.456 e. The number of carbonyl (C=O) groups is 2. The fourth-order valence-corrected chi connectivity index (χ4v) is 2.18. The van der Waals surface area contributed by atoms with Gasteiger partial charge in [0.05, 0.1) is 0 Å². The SMILES string of the molecule is CC(=O)OCC(=O)N1c2ccccc2CC1C. The number of rotatable bonds is 2. The Morgan fingerprint density at radius 2 is 2.12 bits per heavy atom. The quantitative estimate of drug-likeness (QED) is 0.728. The van der Waals surface area contributed by atoms with Crippen LogP contribution in [0, 0.1) is 0 Å². The van der Waals surface area contributed by atoms with Gasteiger partial charge in [0.1, 0.15) is 0 Å². The summed E-state index contributed by atoms with van der Waals surface area (Å²) in [5, 5.41) is 0. The summed E-state index contributed by atoms with van der Waals surface area (Å²) in [4.78, 5) is 24.4. The number of hydrogen-bond donors (Lipinski definition) is 0. The van der Waals surface area contributed by atoms with E-state index in [1.165, 1.54) is 6.92 Å². The Labute approximate surface area is 100 Å². The first-order valence-corrected chi connectivity index (χ1v) is 5.63. The Morgan fingerprint density at radius 3 is 2.82 bits per heavy atom. The topological polar surface area (TPSA) is 46.6 Å². The number of anilines is 1. The van der Waals surface area contributed by atoms with Crippen LogP contribution >= 0.6 is 0 Å². The van der Waals surface area contributed by atoms with Crippen molar-refractivity contribution >= 4 is 17.6 Å². The minimum absolute atomic E-state index is 0.121. The van der Waals surface area contributed by atoms with Crippen LogP contribution in [0.1, 0.15) is 19.4 Å². The third-order valence-corrected chi connectivity index (χ3v) is 2.87. The summed E-state index contributed by atoms with van der Waals surface area (Å²) >= 11 is 0. The predicted molar refractivity (Wildman–Crippen MR) is 63.7 cm³/mol. The van der Waals surface area contributed by atoms with Crippen molar-refractivity contribution in [3.05, 3.63) is 29.8 Å². The molecule has 1 atom stereocenters. The van der Waals surface area contributed by atoms with Crippen LogP contribution in [0.25, 0.3) is 0 Å². The van der Waals surface area contributed by atoms with Gasteiger partial charge < -0.3 is 9.64 Å². The smallest absolute Gasteiger partial charge is 0.303 e. The maximum absolute atomic E-state index is 12.0. The van der Waals surface area contributed by atoms with Crippen LogP contribution in [-0.2, 0) is 20.7 Å². The van der Waals surface area contributed by atoms with E-state index in [0.29, 0.717) is 0 Å². The number of para-hydroxylation sites is 1. The molecule has 0 aromatic heterocycles. The fourth-order valence-electron chi connectivity index (χ4n) is 2.18. The van der Waals surface area contributed by atoms with E-state index in [-0.39, 0.29) is 18.6 Å². The molecule has 90 valence electrons. The lowest BCUT2D eigenvalue weighted by Crippen LogP contribution is -2.38. The number of amides is 1. The fraction of sp³-hybridized carbons (Fsp3) is 0.385. The Bertz CT molecular complexity index is 456. The van der Waals surface area contributed by atoms with Crippen molar-refractivity contribution in [1.82, 2.24) is 0 Å². The van der Waals surface area contributed by atoms with Gasteiger partial charge in [-0.15, -0.1) is 0 Å². The summed E-state index contributed by atoms with van der Waals surface area (Å²) < 4.78 is 4.75. The molecule has 0 bridgehead atoms. The van der Waals surface area contributed by atoms with Gasteiger partial charge in [-0.3, -0.25) is 9.59 Å². The summed E-state index contributed by atoms with van der Waals surface area (Å²) in [6, 6.07) is 7.93. The van der Waals surface area contributed by atoms with Gasteiger partial charge in [-0.2, -0.15) is 0 Å². The van der Waals surface area contributed by atoms with E-state index in [2.05, 4.69) is 0 Å². The van der Waals surface area contributed by atoms with Gasteiger partial charge in [-0.25, -0.2) is 0 Å². The second kappa shape index (κ2) is 4.57. The maximum atomic E-state index is 12.0. The van der Waals surface area contributed by atoms with Crippen molar-refractivity contribution in [3.8, 4) is 0 Å². The van der Waals surface area contributed by atoms with Crippen molar-refractivity contribution in [2.45, 2.75) is 26.3 Å². The van der Waals surface area contributed by atoms with Crippen LogP contribution < -0.4 is 4.90 Å². The van der Waals surface area contributed by atoms with E-state index in [0.717, 1.165) is 17.7 Å². The molecule has 0 N–H and O–H groups in total. The number of hydrogen-bond acceptors (Lipinski definition) is 3. The highest BCUT2D eigenvalue weighted by Gasteiger charge is 2.30. The number of benzene rings is 1. The number of esters is 1. The summed E-state index contributed by atoms with van der Waals surface area (Å²) in [6.45, 7) is 3.11. The standard InChI is InChI=1S/C13H15NO3/c1-9-7-11-5-3-4-6-12(11)14(9)13(16)8-17-10(2)15/h3-6,9H,7-8H2,1-2H3. The zero-order chi connectivity index (χ0) is 12.4. The molecule has 4 nitrogen and oxygen atoms in total. The van der Waals surface area contributed by atoms with E-state index >= 15 is 0 Å². The predicted octanol–water partition coefficient (Wildman–Crippen LogP) is 1.53. The van der Waals surface area contributed by atoms with E-state index in [4.69, 9.17) is 4.74 Å². The number of fused-ring (bicyclic) bond motifs is 1. The molecule has 1 heterocycles. The molecule has 1 aliphatic rings. The molecular formula is C13H15NO3. The summed E-state index contributed by atoms with van der Waals surface area (Å²) in [7, 11) is 0. The number of nitrogens with zero attached hydrogens (tertiary/aromatic N) is 1. The van der Waals surface area contributed by atoms with Crippen LogP contribution in [0.15, 0.2) is 24.3 Å². The van der Waals surface area contributed by atoms with Crippen LogP contribution in [0.5, 0.6) is 0 Å². The van der Waals surface area contributed by atoms with Crippen molar-refractivity contribution < 1.29 is 14.3 Å². The third kappa shape index (κ3) is 2.30. The molecule has 0 saturated heterocycles. The van der Waals surface area contributed by atoms with Crippen LogP contribution in [-0.4, -0.2) is 24.5 Å². The third-order valence-electron chi connectivity index (χ3n) is 2.87. The first-order valence-electron chi connectivity index (χ1n) is 5.63. The Kier molecular flexibility index (Phi) is 3.13. The average Bonchev–Trinajstić information content (AvgIpc) is 2.61. The molecule has 0 fully saturated rings. The van der Waals surface area contributed by atoms with Crippen LogP contribution in [0.3, 0.4) is 0 Å². The van der Waals surface area contributed by atoms with Crippen LogP contribution in [0.2, 0.25) is 0 Å². The lowest BCUT2D eigenvalue weighted by atomic mass is 10.1. The van der Waals surface area contributed by atoms with E-state index in [9.17, 15) is 9.59 Å². The monoisotopic (exact) mass is 233 g/mol. The van der Waals surface area contributed by atoms with Crippen LogP contribution in [0.4, 0.5) is 5.69 Å². The van der Waals surface area contributed by atoms with E-state index in [1.54, 1.807) is 4.90 Å². The molecule has 1 aliphatic heterocycles. The molecule has 0 radical (unpaired) electrons.